The molecule has 0 unspecified atom stereocenters. The van der Waals surface area contributed by atoms with Crippen molar-refractivity contribution >= 4 is 37.7 Å². The maximum absolute atomic E-state index is 5.23. The quantitative estimate of drug-likeness (QED) is 0.613. The Kier molecular flexibility index (Phi) is 5.69. The lowest BCUT2D eigenvalue weighted by Gasteiger charge is -2.42. The second-order valence-electron chi connectivity index (χ2n) is 9.77. The monoisotopic (exact) mass is 376 g/mol. The van der Waals surface area contributed by atoms with E-state index in [0.717, 1.165) is 11.0 Å². The molecule has 25 heavy (non-hydrogen) atoms. The highest BCUT2D eigenvalue weighted by Crippen LogP contribution is 2.59. The van der Waals surface area contributed by atoms with Crippen LogP contribution in [0.2, 0.25) is 0 Å². The minimum atomic E-state index is -0.469. The van der Waals surface area contributed by atoms with E-state index < -0.39 is 15.8 Å². The third-order valence-electron chi connectivity index (χ3n) is 4.41. The molecule has 0 aliphatic carbocycles. The fraction of sp³-hybridized carbons (Fsp3) is 0.619. The first-order valence-electron chi connectivity index (χ1n) is 9.04. The molecule has 2 rings (SSSR count). The Morgan fingerprint density at radius 3 is 1.40 bits per heavy atom. The number of hydrogen-bond acceptors (Lipinski definition) is 2. The van der Waals surface area contributed by atoms with Crippen LogP contribution in [0.15, 0.2) is 24.3 Å². The summed E-state index contributed by atoms with van der Waals surface area (Å²) in [4.78, 5) is 10.4. The van der Waals surface area contributed by atoms with E-state index in [0.29, 0.717) is 0 Å². The topological polar surface area (TPSA) is 25.8 Å². The number of aromatic nitrogens is 2. The van der Waals surface area contributed by atoms with E-state index >= 15 is 0 Å². The van der Waals surface area contributed by atoms with Crippen LogP contribution in [-0.4, -0.2) is 32.1 Å². The van der Waals surface area contributed by atoms with Gasteiger partial charge in [0.1, 0.15) is 0 Å². The Morgan fingerprint density at radius 1 is 0.640 bits per heavy atom. The molecule has 0 bridgehead atoms. The van der Waals surface area contributed by atoms with E-state index in [1.54, 1.807) is 0 Å². The Bertz CT molecular complexity index is 735. The predicted octanol–water partition coefficient (Wildman–Crippen LogP) is 5.87. The Balaban J connectivity index is 2.83. The van der Waals surface area contributed by atoms with Gasteiger partial charge in [-0.25, -0.2) is 9.97 Å². The van der Waals surface area contributed by atoms with Gasteiger partial charge in [-0.3, -0.25) is 0 Å². The summed E-state index contributed by atoms with van der Waals surface area (Å²) in [6, 6.07) is 8.32. The fourth-order valence-corrected chi connectivity index (χ4v) is 9.05. The third-order valence-corrected chi connectivity index (χ3v) is 11.0. The zero-order valence-corrected chi connectivity index (χ0v) is 19.4. The van der Waals surface area contributed by atoms with Gasteiger partial charge in [-0.1, -0.05) is 82.4 Å². The highest BCUT2D eigenvalue weighted by Gasteiger charge is 2.40. The molecule has 1 heterocycles. The molecule has 138 valence electrons. The van der Waals surface area contributed by atoms with E-state index in [4.69, 9.17) is 9.97 Å². The normalized spacial score (nSPS) is 15.0. The van der Waals surface area contributed by atoms with E-state index in [2.05, 4.69) is 93.2 Å². The Hall–Kier alpha value is -0.580. The van der Waals surface area contributed by atoms with Crippen LogP contribution in [0.3, 0.4) is 0 Å². The van der Waals surface area contributed by atoms with Gasteiger partial charge in [0.25, 0.3) is 0 Å². The number of hydrogen-bond donors (Lipinski definition) is 0. The molecule has 1 aromatic carbocycles. The summed E-state index contributed by atoms with van der Waals surface area (Å²) in [5, 5.41) is 0.596. The van der Waals surface area contributed by atoms with E-state index in [1.807, 2.05) is 0 Å². The minimum Gasteiger partial charge on any atom is -0.244 e. The van der Waals surface area contributed by atoms with Gasteiger partial charge < -0.3 is 0 Å². The zero-order chi connectivity index (χ0) is 19.2. The standard InChI is InChI=1S/C21H34N2P2/c1-19(2,3)24(10)17-18(25(20(4,5)6)21(7,8)9)23-16-14-12-11-13-15(16)22-17/h11-14H,1-10H3/t24-/m0/s1. The number of benzene rings is 1. The van der Waals surface area contributed by atoms with Crippen molar-refractivity contribution in [2.45, 2.75) is 77.8 Å². The van der Waals surface area contributed by atoms with Gasteiger partial charge in [0.15, 0.2) is 0 Å². The molecule has 0 radical (unpaired) electrons. The number of rotatable bonds is 2. The number of nitrogens with zero attached hydrogens (tertiary/aromatic N) is 2. The van der Waals surface area contributed by atoms with Crippen molar-refractivity contribution in [2.24, 2.45) is 0 Å². The molecular formula is C21H34N2P2. The van der Waals surface area contributed by atoms with Gasteiger partial charge in [0.05, 0.1) is 21.9 Å². The molecule has 0 amide bonds. The molecule has 0 N–H and O–H groups in total. The first-order chi connectivity index (χ1) is 11.2. The summed E-state index contributed by atoms with van der Waals surface area (Å²) >= 11 is 0. The van der Waals surface area contributed by atoms with E-state index in [1.165, 1.54) is 10.9 Å². The smallest absolute Gasteiger partial charge is 0.0907 e. The molecule has 2 aromatic rings. The molecule has 0 aliphatic heterocycles. The summed E-state index contributed by atoms with van der Waals surface area (Å²) in [6.45, 7) is 23.5. The molecule has 0 spiro atoms. The average molecular weight is 376 g/mol. The lowest BCUT2D eigenvalue weighted by Crippen LogP contribution is -2.41. The molecule has 4 heteroatoms. The van der Waals surface area contributed by atoms with Crippen LogP contribution in [0.4, 0.5) is 0 Å². The summed E-state index contributed by atoms with van der Waals surface area (Å²) < 4.78 is 0. The maximum atomic E-state index is 5.23. The van der Waals surface area contributed by atoms with E-state index in [9.17, 15) is 0 Å². The van der Waals surface area contributed by atoms with Crippen molar-refractivity contribution in [1.29, 1.82) is 0 Å². The van der Waals surface area contributed by atoms with Crippen LogP contribution in [0.25, 0.3) is 11.0 Å². The predicted molar refractivity (Wildman–Crippen MR) is 118 cm³/mol. The SMILES string of the molecule is C[P@@](c1nc2ccccc2nc1P(C(C)(C)C)C(C)(C)C)C(C)(C)C. The van der Waals surface area contributed by atoms with Gasteiger partial charge in [0, 0.05) is 0 Å². The molecule has 2 nitrogen and oxygen atoms in total. The number of para-hydroxylation sites is 2. The van der Waals surface area contributed by atoms with Gasteiger partial charge in [0.2, 0.25) is 0 Å². The van der Waals surface area contributed by atoms with Crippen molar-refractivity contribution in [1.82, 2.24) is 9.97 Å². The van der Waals surface area contributed by atoms with Crippen molar-refractivity contribution in [3.8, 4) is 0 Å². The second-order valence-corrected chi connectivity index (χ2v) is 16.4. The largest absolute Gasteiger partial charge is 0.244 e. The highest BCUT2D eigenvalue weighted by molar-refractivity contribution is 7.73. The van der Waals surface area contributed by atoms with Gasteiger partial charge in [-0.05, 0) is 42.2 Å². The molecule has 1 atom stereocenters. The van der Waals surface area contributed by atoms with Gasteiger partial charge >= 0.3 is 0 Å². The van der Waals surface area contributed by atoms with Gasteiger partial charge in [-0.2, -0.15) is 0 Å². The lowest BCUT2D eigenvalue weighted by molar-refractivity contribution is 0.714. The fourth-order valence-electron chi connectivity index (χ4n) is 3.32. The van der Waals surface area contributed by atoms with Crippen LogP contribution in [0.1, 0.15) is 62.3 Å². The summed E-state index contributed by atoms with van der Waals surface area (Å²) in [5.41, 5.74) is 4.59. The van der Waals surface area contributed by atoms with Crippen LogP contribution in [0.5, 0.6) is 0 Å². The zero-order valence-electron chi connectivity index (χ0n) is 17.6. The third kappa shape index (κ3) is 4.58. The van der Waals surface area contributed by atoms with Crippen LogP contribution < -0.4 is 10.9 Å². The molecule has 0 saturated carbocycles. The van der Waals surface area contributed by atoms with Gasteiger partial charge in [-0.15, -0.1) is 0 Å². The summed E-state index contributed by atoms with van der Waals surface area (Å²) in [6.07, 6.45) is 0. The number of fused-ring (bicyclic) bond motifs is 1. The molecule has 0 aliphatic rings. The Labute approximate surface area is 156 Å². The molecule has 1 aromatic heterocycles. The maximum Gasteiger partial charge on any atom is 0.0907 e. The molecule has 0 saturated heterocycles. The highest BCUT2D eigenvalue weighted by atomic mass is 31.1. The minimum absolute atomic E-state index is 0.188. The first-order valence-corrected chi connectivity index (χ1v) is 12.2. The lowest BCUT2D eigenvalue weighted by atomic mass is 10.2. The van der Waals surface area contributed by atoms with Crippen LogP contribution in [0, 0.1) is 0 Å². The average Bonchev–Trinajstić information content (AvgIpc) is 2.41. The van der Waals surface area contributed by atoms with Crippen LogP contribution >= 0.6 is 15.8 Å². The van der Waals surface area contributed by atoms with Crippen molar-refractivity contribution in [3.05, 3.63) is 24.3 Å². The molecule has 0 fully saturated rings. The molecular weight excluding hydrogens is 342 g/mol. The second kappa shape index (κ2) is 6.86. The van der Waals surface area contributed by atoms with Crippen molar-refractivity contribution < 1.29 is 0 Å². The van der Waals surface area contributed by atoms with Crippen molar-refractivity contribution in [3.63, 3.8) is 0 Å². The first kappa shape index (κ1) is 20.7. The summed E-state index contributed by atoms with van der Waals surface area (Å²) in [7, 11) is -0.864. The summed E-state index contributed by atoms with van der Waals surface area (Å²) in [5.74, 6) is 0. The van der Waals surface area contributed by atoms with E-state index in [-0.39, 0.29) is 15.5 Å². The van der Waals surface area contributed by atoms with Crippen LogP contribution in [-0.2, 0) is 0 Å². The van der Waals surface area contributed by atoms with Crippen molar-refractivity contribution in [2.75, 3.05) is 6.66 Å². The Morgan fingerprint density at radius 2 is 1.04 bits per heavy atom.